The molecule has 3 aliphatic rings. The zero-order chi connectivity index (χ0) is 40.4. The molecule has 1 aromatic carbocycles. The first-order valence-electron chi connectivity index (χ1n) is 20.7. The molecular weight excluding hydrogens is 697 g/mol. The van der Waals surface area contributed by atoms with Gasteiger partial charge in [-0.2, -0.15) is 0 Å². The molecule has 11 heteroatoms. The Morgan fingerprint density at radius 2 is 1.71 bits per heavy atom. The van der Waals surface area contributed by atoms with E-state index in [2.05, 4.69) is 23.6 Å². The average molecular weight is 765 g/mol. The van der Waals surface area contributed by atoms with E-state index in [1.807, 2.05) is 56.0 Å². The molecule has 306 valence electrons. The first kappa shape index (κ1) is 44.5. The number of fused-ring (bicyclic) bond motifs is 2. The fourth-order valence-corrected chi connectivity index (χ4v) is 9.98. The number of methoxy groups -OCH3 is 2. The molecule has 2 heterocycles. The fourth-order valence-electron chi connectivity index (χ4n) is 9.98. The minimum atomic E-state index is -0.593. The first-order valence-corrected chi connectivity index (χ1v) is 20.7. The summed E-state index contributed by atoms with van der Waals surface area (Å²) in [6.45, 7) is 18.1. The molecule has 0 spiro atoms. The van der Waals surface area contributed by atoms with E-state index in [4.69, 9.17) is 16.0 Å². The number of piperidine rings is 1. The maximum Gasteiger partial charge on any atom is 0.271 e. The Morgan fingerprint density at radius 3 is 2.31 bits per heavy atom. The maximum absolute atomic E-state index is 14.4. The van der Waals surface area contributed by atoms with Crippen LogP contribution in [0.5, 0.6) is 0 Å². The molecule has 3 fully saturated rings. The molecule has 2 amide bonds. The van der Waals surface area contributed by atoms with Gasteiger partial charge in [-0.15, -0.1) is 0 Å². The van der Waals surface area contributed by atoms with Crippen molar-refractivity contribution >= 4 is 23.4 Å². The summed E-state index contributed by atoms with van der Waals surface area (Å²) in [5, 5.41) is 10.1. The molecule has 0 aromatic heterocycles. The van der Waals surface area contributed by atoms with Crippen LogP contribution in [0.25, 0.3) is 4.85 Å². The number of aliphatic hydroxyl groups excluding tert-OH is 1. The van der Waals surface area contributed by atoms with Gasteiger partial charge in [-0.25, -0.2) is 11.5 Å². The zero-order valence-electron chi connectivity index (χ0n) is 34.7. The predicted octanol–water partition coefficient (Wildman–Crippen LogP) is 5.68. The normalized spacial score (nSPS) is 24.9. The summed E-state index contributed by atoms with van der Waals surface area (Å²) in [6, 6.07) is 9.13. The number of aliphatic hydroxyl groups is 1. The number of rotatable bonds is 22. The van der Waals surface area contributed by atoms with E-state index < -0.39 is 30.1 Å². The molecule has 1 N–H and O–H groups in total. The second-order valence-electron chi connectivity index (χ2n) is 17.0. The van der Waals surface area contributed by atoms with Crippen molar-refractivity contribution < 1.29 is 33.8 Å². The van der Waals surface area contributed by atoms with Gasteiger partial charge in [-0.1, -0.05) is 71.4 Å². The van der Waals surface area contributed by atoms with Crippen molar-refractivity contribution in [2.24, 2.45) is 35.5 Å². The molecule has 2 saturated heterocycles. The molecule has 11 atom stereocenters. The molecule has 1 aromatic rings. The van der Waals surface area contributed by atoms with E-state index in [1.54, 1.807) is 26.2 Å². The van der Waals surface area contributed by atoms with Crippen molar-refractivity contribution in [3.63, 3.8) is 0 Å². The lowest BCUT2D eigenvalue weighted by Crippen LogP contribution is -2.54. The molecule has 55 heavy (non-hydrogen) atoms. The van der Waals surface area contributed by atoms with Gasteiger partial charge in [0.05, 0.1) is 36.8 Å². The highest BCUT2D eigenvalue weighted by atomic mass is 16.5. The van der Waals surface area contributed by atoms with Crippen LogP contribution in [0.3, 0.4) is 0 Å². The fraction of sp³-hybridized carbons (Fsp3) is 0.750. The van der Waals surface area contributed by atoms with Crippen molar-refractivity contribution in [2.75, 3.05) is 41.1 Å². The third-order valence-electron chi connectivity index (χ3n) is 13.3. The molecule has 1 saturated carbocycles. The highest BCUT2D eigenvalue weighted by Gasteiger charge is 2.51. The number of ether oxygens (including phenoxy) is 2. The minimum Gasteiger partial charge on any atom is -0.396 e. The lowest BCUT2D eigenvalue weighted by Gasteiger charge is -2.41. The predicted molar refractivity (Wildman–Crippen MR) is 213 cm³/mol. The molecule has 4 rings (SSSR count). The van der Waals surface area contributed by atoms with Crippen molar-refractivity contribution in [1.82, 2.24) is 14.7 Å². The Bertz CT molecular complexity index is 1470. The second kappa shape index (κ2) is 20.8. The number of nitrogens with zero attached hydrogens (tertiary/aromatic N) is 4. The van der Waals surface area contributed by atoms with Crippen LogP contribution >= 0.6 is 0 Å². The molecule has 2 bridgehead atoms. The van der Waals surface area contributed by atoms with Crippen LogP contribution in [-0.2, 0) is 35.1 Å². The van der Waals surface area contributed by atoms with Crippen LogP contribution < -0.4 is 0 Å². The number of carbonyl (C=O) groups excluding carboxylic acids is 4. The number of likely N-dealkylation sites (N-methyl/N-ethyl adjacent to an activating group) is 1. The van der Waals surface area contributed by atoms with Gasteiger partial charge in [0, 0.05) is 65.1 Å². The number of carbonyl (C=O) groups is 4. The Balaban J connectivity index is 1.45. The van der Waals surface area contributed by atoms with Gasteiger partial charge in [0.25, 0.3) is 6.67 Å². The number of hydrogen-bond donors (Lipinski definition) is 1. The van der Waals surface area contributed by atoms with Gasteiger partial charge in [-0.05, 0) is 67.8 Å². The number of Topliss-reactive ketones (excluding diaryl/α,β-unsaturated/α-hetero) is 2. The lowest BCUT2D eigenvalue weighted by atomic mass is 9.83. The van der Waals surface area contributed by atoms with E-state index in [-0.39, 0.29) is 97.7 Å². The Kier molecular flexibility index (Phi) is 16.9. The highest BCUT2D eigenvalue weighted by molar-refractivity contribution is 5.90. The van der Waals surface area contributed by atoms with E-state index in [9.17, 15) is 24.3 Å². The van der Waals surface area contributed by atoms with Gasteiger partial charge in [0.1, 0.15) is 5.78 Å². The summed E-state index contributed by atoms with van der Waals surface area (Å²) in [4.78, 5) is 65.5. The van der Waals surface area contributed by atoms with Crippen molar-refractivity contribution in [3.05, 3.63) is 47.3 Å². The van der Waals surface area contributed by atoms with Crippen LogP contribution in [0, 0.1) is 42.1 Å². The summed E-state index contributed by atoms with van der Waals surface area (Å²) >= 11 is 0. The standard InChI is InChI=1S/C44H68N4O7/c1-10-29(4)41(46(7)44(53)35(28(2)3)24-38(51)42-33-18-19-34(23-33)48(42)27-45-6)39(54-8)25-40(52)47-20-14-17-36(47)43(55-9)30(5)37(50)22-32(26-49)21-31-15-12-11-13-16-31/h11-13,15-16,28-30,32-36,39,41-43,49H,10,14,17-27H2,1-5,7-9H3/t29-,30-,32+,33-,34+,35-,36-,39+,41-,42-,43+/m0/s1. The number of hydrogen-bond acceptors (Lipinski definition) is 8. The van der Waals surface area contributed by atoms with Crippen LogP contribution in [0.1, 0.15) is 98.0 Å². The van der Waals surface area contributed by atoms with E-state index in [0.29, 0.717) is 19.4 Å². The quantitative estimate of drug-likeness (QED) is 0.150. The van der Waals surface area contributed by atoms with Crippen LogP contribution in [0.15, 0.2) is 30.3 Å². The van der Waals surface area contributed by atoms with Gasteiger partial charge in [-0.3, -0.25) is 24.0 Å². The van der Waals surface area contributed by atoms with Gasteiger partial charge >= 0.3 is 0 Å². The second-order valence-corrected chi connectivity index (χ2v) is 17.0. The van der Waals surface area contributed by atoms with Crippen LogP contribution in [0.2, 0.25) is 0 Å². The van der Waals surface area contributed by atoms with Gasteiger partial charge in [0.2, 0.25) is 11.8 Å². The number of benzene rings is 1. The average Bonchev–Trinajstić information content (AvgIpc) is 3.94. The van der Waals surface area contributed by atoms with Crippen molar-refractivity contribution in [3.8, 4) is 0 Å². The van der Waals surface area contributed by atoms with E-state index in [1.165, 1.54) is 0 Å². The minimum absolute atomic E-state index is 0.00374. The molecule has 11 nitrogen and oxygen atoms in total. The topological polar surface area (TPSA) is 121 Å². The Morgan fingerprint density at radius 1 is 1.00 bits per heavy atom. The third-order valence-corrected chi connectivity index (χ3v) is 13.3. The van der Waals surface area contributed by atoms with Crippen molar-refractivity contribution in [1.29, 1.82) is 0 Å². The smallest absolute Gasteiger partial charge is 0.271 e. The highest BCUT2D eigenvalue weighted by Crippen LogP contribution is 2.43. The third kappa shape index (κ3) is 10.6. The number of likely N-dealkylation sites (tertiary alicyclic amines) is 2. The number of amides is 2. The van der Waals surface area contributed by atoms with Gasteiger partial charge < -0.3 is 24.4 Å². The summed E-state index contributed by atoms with van der Waals surface area (Å²) in [5.74, 6) is -1.22. The largest absolute Gasteiger partial charge is 0.396 e. The van der Waals surface area contributed by atoms with Gasteiger partial charge in [0.15, 0.2) is 5.78 Å². The van der Waals surface area contributed by atoms with Crippen LogP contribution in [0.4, 0.5) is 0 Å². The SMILES string of the molecule is [C-]#[N+]CN1[C@@H]2CC[C@@H](C2)[C@H]1C(=O)C[C@H](C(=O)N(C)[C@@H]([C@@H](C)CC)[C@@H](CC(=O)N1CCC[C@H]1[C@H](OC)[C@@H](C)C(=O)C[C@H](CO)Cc1ccccc1)OC)C(C)C. The van der Waals surface area contributed by atoms with E-state index in [0.717, 1.165) is 37.7 Å². The zero-order valence-corrected chi connectivity index (χ0v) is 34.7. The Hall–Kier alpha value is -3.17. The van der Waals surface area contributed by atoms with E-state index >= 15 is 0 Å². The maximum atomic E-state index is 14.4. The lowest BCUT2D eigenvalue weighted by molar-refractivity contribution is -0.149. The first-order chi connectivity index (χ1) is 26.3. The molecular formula is C44H68N4O7. The monoisotopic (exact) mass is 765 g/mol. The molecule has 1 aliphatic carbocycles. The molecule has 0 radical (unpaired) electrons. The summed E-state index contributed by atoms with van der Waals surface area (Å²) < 4.78 is 12.1. The summed E-state index contributed by atoms with van der Waals surface area (Å²) in [7, 11) is 4.96. The summed E-state index contributed by atoms with van der Waals surface area (Å²) in [6.07, 6.45) is 5.13. The summed E-state index contributed by atoms with van der Waals surface area (Å²) in [5.41, 5.74) is 1.07. The van der Waals surface area contributed by atoms with Crippen molar-refractivity contribution in [2.45, 2.75) is 135 Å². The molecule has 2 aliphatic heterocycles. The Labute approximate surface area is 330 Å². The van der Waals surface area contributed by atoms with Crippen LogP contribution in [-0.4, -0.2) is 121 Å². The molecule has 0 unspecified atom stereocenters. The number of ketones is 2.